The Morgan fingerprint density at radius 3 is 1.44 bits per heavy atom. The van der Waals surface area contributed by atoms with Crippen LogP contribution < -0.4 is 0 Å². The first-order valence-corrected chi connectivity index (χ1v) is 15.6. The van der Waals surface area contributed by atoms with Crippen molar-refractivity contribution >= 4 is 5.97 Å². The summed E-state index contributed by atoms with van der Waals surface area (Å²) >= 11 is 0. The molecule has 34 heavy (non-hydrogen) atoms. The highest BCUT2D eigenvalue weighted by atomic mass is 16.4. The lowest BCUT2D eigenvalue weighted by molar-refractivity contribution is -0.143. The molecule has 0 aromatic rings. The van der Waals surface area contributed by atoms with Crippen molar-refractivity contribution in [3.05, 3.63) is 0 Å². The maximum Gasteiger partial charge on any atom is 0.306 e. The Hall–Kier alpha value is -0.530. The number of carbonyl (C=O) groups is 1. The summed E-state index contributed by atoms with van der Waals surface area (Å²) in [6.45, 7) is 11.4. The van der Waals surface area contributed by atoms with E-state index in [2.05, 4.69) is 34.6 Å². The maximum absolute atomic E-state index is 11.9. The molecule has 3 unspecified atom stereocenters. The Morgan fingerprint density at radius 2 is 1.03 bits per heavy atom. The summed E-state index contributed by atoms with van der Waals surface area (Å²) in [5, 5.41) is 9.78. The van der Waals surface area contributed by atoms with Crippen molar-refractivity contribution in [1.29, 1.82) is 0 Å². The van der Waals surface area contributed by atoms with Gasteiger partial charge in [0.05, 0.1) is 5.92 Å². The highest BCUT2D eigenvalue weighted by Crippen LogP contribution is 2.29. The van der Waals surface area contributed by atoms with Crippen molar-refractivity contribution in [3.8, 4) is 0 Å². The zero-order valence-corrected chi connectivity index (χ0v) is 24.2. The van der Waals surface area contributed by atoms with Crippen molar-refractivity contribution in [3.63, 3.8) is 0 Å². The number of rotatable bonds is 26. The van der Waals surface area contributed by atoms with Gasteiger partial charge in [0.1, 0.15) is 0 Å². The second kappa shape index (κ2) is 24.2. The van der Waals surface area contributed by atoms with Gasteiger partial charge in [-0.2, -0.15) is 0 Å². The molecule has 0 fully saturated rings. The second-order valence-electron chi connectivity index (χ2n) is 12.0. The minimum absolute atomic E-state index is 0.136. The monoisotopic (exact) mass is 480 g/mol. The average molecular weight is 481 g/mol. The highest BCUT2D eigenvalue weighted by molar-refractivity contribution is 5.69. The van der Waals surface area contributed by atoms with Crippen LogP contribution in [0, 0.1) is 23.7 Å². The number of aliphatic carboxylic acids is 1. The van der Waals surface area contributed by atoms with E-state index in [4.69, 9.17) is 0 Å². The van der Waals surface area contributed by atoms with Crippen molar-refractivity contribution in [1.82, 2.24) is 0 Å². The molecule has 204 valence electrons. The maximum atomic E-state index is 11.9. The predicted octanol–water partition coefficient (Wildman–Crippen LogP) is 11.2. The van der Waals surface area contributed by atoms with Gasteiger partial charge in [0.25, 0.3) is 0 Å². The number of unbranched alkanes of at least 4 members (excludes halogenated alkanes) is 13. The fourth-order valence-electron chi connectivity index (χ4n) is 5.57. The third-order valence-electron chi connectivity index (χ3n) is 7.80. The van der Waals surface area contributed by atoms with Gasteiger partial charge < -0.3 is 5.11 Å². The van der Waals surface area contributed by atoms with Gasteiger partial charge in [-0.3, -0.25) is 4.79 Å². The van der Waals surface area contributed by atoms with E-state index < -0.39 is 5.97 Å². The summed E-state index contributed by atoms with van der Waals surface area (Å²) in [6, 6.07) is 0. The first-order valence-electron chi connectivity index (χ1n) is 15.6. The summed E-state index contributed by atoms with van der Waals surface area (Å²) in [4.78, 5) is 11.9. The Balaban J connectivity index is 3.70. The fourth-order valence-corrected chi connectivity index (χ4v) is 5.57. The molecule has 0 aliphatic rings. The molecule has 3 atom stereocenters. The summed E-state index contributed by atoms with van der Waals surface area (Å²) in [5.74, 6) is 1.32. The van der Waals surface area contributed by atoms with Crippen LogP contribution in [0.25, 0.3) is 0 Å². The van der Waals surface area contributed by atoms with Gasteiger partial charge in [-0.15, -0.1) is 0 Å². The Morgan fingerprint density at radius 1 is 0.559 bits per heavy atom. The van der Waals surface area contributed by atoms with Gasteiger partial charge in [-0.25, -0.2) is 0 Å². The van der Waals surface area contributed by atoms with E-state index in [9.17, 15) is 9.90 Å². The van der Waals surface area contributed by atoms with E-state index in [1.54, 1.807) is 0 Å². The second-order valence-corrected chi connectivity index (χ2v) is 12.0. The van der Waals surface area contributed by atoms with Crippen LogP contribution in [0.5, 0.6) is 0 Å². The molecular formula is C32H64O2. The van der Waals surface area contributed by atoms with Gasteiger partial charge in [-0.1, -0.05) is 163 Å². The number of hydrogen-bond donors (Lipinski definition) is 1. The van der Waals surface area contributed by atoms with Crippen LogP contribution in [-0.4, -0.2) is 11.1 Å². The zero-order chi connectivity index (χ0) is 25.4. The molecular weight excluding hydrogens is 416 g/mol. The van der Waals surface area contributed by atoms with Crippen LogP contribution >= 0.6 is 0 Å². The lowest BCUT2D eigenvalue weighted by Crippen LogP contribution is -2.20. The minimum atomic E-state index is -0.560. The number of hydrogen-bond acceptors (Lipinski definition) is 1. The van der Waals surface area contributed by atoms with E-state index >= 15 is 0 Å². The molecule has 2 heteroatoms. The lowest BCUT2D eigenvalue weighted by Gasteiger charge is -2.23. The molecule has 0 aromatic heterocycles. The summed E-state index contributed by atoms with van der Waals surface area (Å²) in [7, 11) is 0. The summed E-state index contributed by atoms with van der Waals surface area (Å²) in [6.07, 6.45) is 28.6. The largest absolute Gasteiger partial charge is 0.481 e. The summed E-state index contributed by atoms with van der Waals surface area (Å²) in [5.41, 5.74) is 0. The Bertz CT molecular complexity index is 431. The molecule has 0 aliphatic heterocycles. The van der Waals surface area contributed by atoms with E-state index in [1.165, 1.54) is 128 Å². The van der Waals surface area contributed by atoms with Gasteiger partial charge in [0, 0.05) is 0 Å². The molecule has 0 heterocycles. The molecule has 0 aromatic carbocycles. The van der Waals surface area contributed by atoms with Gasteiger partial charge in [-0.05, 0) is 30.6 Å². The molecule has 0 radical (unpaired) electrons. The fraction of sp³-hybridized carbons (Fsp3) is 0.969. The molecule has 0 saturated carbocycles. The first-order chi connectivity index (χ1) is 16.4. The lowest BCUT2D eigenvalue weighted by atomic mass is 9.82. The SMILES string of the molecule is CCCCC(CCC)CC(CC(C)CCCCCCCCCCCCCCCC(C)C)C(=O)O. The van der Waals surface area contributed by atoms with Crippen molar-refractivity contribution in [2.75, 3.05) is 0 Å². The quantitative estimate of drug-likeness (QED) is 0.125. The van der Waals surface area contributed by atoms with Crippen molar-refractivity contribution in [2.24, 2.45) is 23.7 Å². The first kappa shape index (κ1) is 33.5. The van der Waals surface area contributed by atoms with Gasteiger partial charge in [0.2, 0.25) is 0 Å². The topological polar surface area (TPSA) is 37.3 Å². The van der Waals surface area contributed by atoms with Crippen LogP contribution in [0.3, 0.4) is 0 Å². The Labute approximate surface area is 215 Å². The standard InChI is InChI=1S/C32H64O2/c1-6-8-25-30(22-7-2)27-31(32(33)34)26-29(5)24-21-19-17-15-13-11-9-10-12-14-16-18-20-23-28(3)4/h28-31H,6-27H2,1-5H3,(H,33,34). The van der Waals surface area contributed by atoms with E-state index in [0.717, 1.165) is 18.8 Å². The molecule has 0 aliphatic carbocycles. The third kappa shape index (κ3) is 22.0. The molecule has 1 N–H and O–H groups in total. The van der Waals surface area contributed by atoms with Crippen molar-refractivity contribution < 1.29 is 9.90 Å². The van der Waals surface area contributed by atoms with Crippen LogP contribution in [-0.2, 0) is 4.79 Å². The van der Waals surface area contributed by atoms with Crippen LogP contribution in [0.1, 0.15) is 176 Å². The smallest absolute Gasteiger partial charge is 0.306 e. The normalized spacial score (nSPS) is 14.4. The van der Waals surface area contributed by atoms with Crippen LogP contribution in [0.15, 0.2) is 0 Å². The van der Waals surface area contributed by atoms with Gasteiger partial charge >= 0.3 is 5.97 Å². The molecule has 0 spiro atoms. The van der Waals surface area contributed by atoms with Crippen molar-refractivity contribution in [2.45, 2.75) is 176 Å². The third-order valence-corrected chi connectivity index (χ3v) is 7.80. The average Bonchev–Trinajstić information content (AvgIpc) is 2.79. The van der Waals surface area contributed by atoms with E-state index in [0.29, 0.717) is 11.8 Å². The van der Waals surface area contributed by atoms with Crippen LogP contribution in [0.2, 0.25) is 0 Å². The van der Waals surface area contributed by atoms with E-state index in [1.807, 2.05) is 0 Å². The summed E-state index contributed by atoms with van der Waals surface area (Å²) < 4.78 is 0. The van der Waals surface area contributed by atoms with E-state index in [-0.39, 0.29) is 5.92 Å². The molecule has 2 nitrogen and oxygen atoms in total. The molecule has 0 amide bonds. The Kier molecular flexibility index (Phi) is 23.8. The predicted molar refractivity (Wildman–Crippen MR) is 152 cm³/mol. The van der Waals surface area contributed by atoms with Gasteiger partial charge in [0.15, 0.2) is 0 Å². The highest BCUT2D eigenvalue weighted by Gasteiger charge is 2.24. The number of carboxylic acids is 1. The molecule has 0 rings (SSSR count). The number of carboxylic acid groups (broad SMARTS) is 1. The molecule has 0 bridgehead atoms. The molecule has 0 saturated heterocycles. The van der Waals surface area contributed by atoms with Crippen LogP contribution in [0.4, 0.5) is 0 Å². The zero-order valence-electron chi connectivity index (χ0n) is 24.2. The minimum Gasteiger partial charge on any atom is -0.481 e.